The summed E-state index contributed by atoms with van der Waals surface area (Å²) >= 11 is 5.82. The van der Waals surface area contributed by atoms with Gasteiger partial charge >= 0.3 is 0 Å². The van der Waals surface area contributed by atoms with E-state index in [1.54, 1.807) is 0 Å². The molecule has 4 heteroatoms. The largest absolute Gasteiger partial charge is 0.356 e. The monoisotopic (exact) mass is 296 g/mol. The van der Waals surface area contributed by atoms with Crippen molar-refractivity contribution in [3.63, 3.8) is 0 Å². The molecular formula is C16H25ClN2O. The summed E-state index contributed by atoms with van der Waals surface area (Å²) in [7, 11) is 0. The summed E-state index contributed by atoms with van der Waals surface area (Å²) in [6, 6.07) is 7.72. The first kappa shape index (κ1) is 17.0. The Morgan fingerprint density at radius 2 is 1.85 bits per heavy atom. The molecule has 2 N–H and O–H groups in total. The number of amides is 1. The fourth-order valence-electron chi connectivity index (χ4n) is 1.80. The molecule has 0 aliphatic rings. The van der Waals surface area contributed by atoms with E-state index in [0.29, 0.717) is 18.9 Å². The van der Waals surface area contributed by atoms with E-state index in [2.05, 4.69) is 24.5 Å². The Bertz CT molecular complexity index is 390. The minimum Gasteiger partial charge on any atom is -0.356 e. The number of carbonyl (C=O) groups is 1. The van der Waals surface area contributed by atoms with E-state index in [1.165, 1.54) is 5.56 Å². The Hall–Kier alpha value is -1.06. The lowest BCUT2D eigenvalue weighted by atomic mass is 10.1. The van der Waals surface area contributed by atoms with Crippen LogP contribution in [-0.2, 0) is 11.2 Å². The molecule has 0 radical (unpaired) electrons. The number of halogens is 1. The van der Waals surface area contributed by atoms with Crippen molar-refractivity contribution < 1.29 is 4.79 Å². The van der Waals surface area contributed by atoms with Crippen LogP contribution >= 0.6 is 11.6 Å². The van der Waals surface area contributed by atoms with Gasteiger partial charge in [0, 0.05) is 24.5 Å². The maximum Gasteiger partial charge on any atom is 0.221 e. The van der Waals surface area contributed by atoms with Crippen molar-refractivity contribution >= 4 is 17.5 Å². The smallest absolute Gasteiger partial charge is 0.221 e. The second-order valence-corrected chi connectivity index (χ2v) is 5.85. The second-order valence-electron chi connectivity index (χ2n) is 5.41. The van der Waals surface area contributed by atoms with Crippen molar-refractivity contribution in [1.82, 2.24) is 10.6 Å². The number of hydrogen-bond donors (Lipinski definition) is 2. The van der Waals surface area contributed by atoms with Crippen molar-refractivity contribution in [2.24, 2.45) is 5.92 Å². The molecule has 1 aromatic rings. The van der Waals surface area contributed by atoms with Gasteiger partial charge in [-0.25, -0.2) is 0 Å². The predicted molar refractivity (Wildman–Crippen MR) is 85.1 cm³/mol. The Labute approximate surface area is 127 Å². The van der Waals surface area contributed by atoms with Gasteiger partial charge in [-0.2, -0.15) is 0 Å². The highest BCUT2D eigenvalue weighted by Gasteiger charge is 2.01. The quantitative estimate of drug-likeness (QED) is 0.688. The third kappa shape index (κ3) is 8.18. The third-order valence-corrected chi connectivity index (χ3v) is 3.33. The zero-order valence-electron chi connectivity index (χ0n) is 12.4. The maximum atomic E-state index is 11.6. The van der Waals surface area contributed by atoms with Crippen LogP contribution in [-0.4, -0.2) is 25.5 Å². The number of benzene rings is 1. The molecule has 0 atom stereocenters. The molecule has 1 amide bonds. The Morgan fingerprint density at radius 3 is 2.50 bits per heavy atom. The van der Waals surface area contributed by atoms with Crippen LogP contribution < -0.4 is 10.6 Å². The molecule has 0 aromatic heterocycles. The normalized spacial score (nSPS) is 10.8. The van der Waals surface area contributed by atoms with Crippen LogP contribution in [0.2, 0.25) is 5.02 Å². The molecule has 0 unspecified atom stereocenters. The molecule has 1 rings (SSSR count). The minimum absolute atomic E-state index is 0.107. The lowest BCUT2D eigenvalue weighted by Crippen LogP contribution is -2.29. The Balaban J connectivity index is 2.04. The molecule has 20 heavy (non-hydrogen) atoms. The van der Waals surface area contributed by atoms with Crippen molar-refractivity contribution in [3.8, 4) is 0 Å². The predicted octanol–water partition coefficient (Wildman–Crippen LogP) is 3.02. The summed E-state index contributed by atoms with van der Waals surface area (Å²) < 4.78 is 0. The van der Waals surface area contributed by atoms with Crippen molar-refractivity contribution in [2.75, 3.05) is 19.6 Å². The molecule has 0 aliphatic carbocycles. The molecule has 0 aliphatic heterocycles. The average molecular weight is 297 g/mol. The minimum atomic E-state index is 0.107. The molecule has 112 valence electrons. The first-order valence-electron chi connectivity index (χ1n) is 7.30. The number of nitrogens with one attached hydrogen (secondary N) is 2. The maximum absolute atomic E-state index is 11.6. The molecule has 0 bridgehead atoms. The summed E-state index contributed by atoms with van der Waals surface area (Å²) in [6.45, 7) is 6.80. The summed E-state index contributed by atoms with van der Waals surface area (Å²) in [6.07, 6.45) is 2.53. The van der Waals surface area contributed by atoms with Crippen LogP contribution in [0.4, 0.5) is 0 Å². The number of rotatable bonds is 9. The molecule has 0 saturated heterocycles. The molecule has 0 spiro atoms. The molecule has 0 saturated carbocycles. The SMILES string of the molecule is CC(C)CCNCCC(=O)NCCc1ccc(Cl)cc1. The highest BCUT2D eigenvalue weighted by molar-refractivity contribution is 6.30. The standard InChI is InChI=1S/C16H25ClN2O/c1-13(2)7-10-18-11-9-16(20)19-12-8-14-3-5-15(17)6-4-14/h3-6,13,18H,7-12H2,1-2H3,(H,19,20). The second kappa shape index (κ2) is 9.78. The lowest BCUT2D eigenvalue weighted by Gasteiger charge is -2.08. The zero-order chi connectivity index (χ0) is 14.8. The molecular weight excluding hydrogens is 272 g/mol. The van der Waals surface area contributed by atoms with Crippen molar-refractivity contribution in [1.29, 1.82) is 0 Å². The van der Waals surface area contributed by atoms with Gasteiger partial charge in [0.05, 0.1) is 0 Å². The first-order chi connectivity index (χ1) is 9.58. The summed E-state index contributed by atoms with van der Waals surface area (Å²) in [5.41, 5.74) is 1.18. The van der Waals surface area contributed by atoms with Gasteiger partial charge < -0.3 is 10.6 Å². The van der Waals surface area contributed by atoms with Crippen LogP contribution in [0, 0.1) is 5.92 Å². The van der Waals surface area contributed by atoms with Gasteiger partial charge in [-0.05, 0) is 43.0 Å². The van der Waals surface area contributed by atoms with Gasteiger partial charge in [0.1, 0.15) is 0 Å². The molecule has 0 fully saturated rings. The van der Waals surface area contributed by atoms with Gasteiger partial charge in [0.2, 0.25) is 5.91 Å². The molecule has 1 aromatic carbocycles. The van der Waals surface area contributed by atoms with Crippen LogP contribution in [0.15, 0.2) is 24.3 Å². The van der Waals surface area contributed by atoms with Crippen molar-refractivity contribution in [3.05, 3.63) is 34.9 Å². The van der Waals surface area contributed by atoms with E-state index >= 15 is 0 Å². The highest BCUT2D eigenvalue weighted by atomic mass is 35.5. The van der Waals surface area contributed by atoms with Gasteiger partial charge in [-0.15, -0.1) is 0 Å². The van der Waals surface area contributed by atoms with Crippen LogP contribution in [0.5, 0.6) is 0 Å². The van der Waals surface area contributed by atoms with E-state index in [4.69, 9.17) is 11.6 Å². The highest BCUT2D eigenvalue weighted by Crippen LogP contribution is 2.09. The summed E-state index contributed by atoms with van der Waals surface area (Å²) in [5.74, 6) is 0.812. The lowest BCUT2D eigenvalue weighted by molar-refractivity contribution is -0.120. The molecule has 3 nitrogen and oxygen atoms in total. The number of hydrogen-bond acceptors (Lipinski definition) is 2. The average Bonchev–Trinajstić information content (AvgIpc) is 2.40. The Morgan fingerprint density at radius 1 is 1.15 bits per heavy atom. The summed E-state index contributed by atoms with van der Waals surface area (Å²) in [4.78, 5) is 11.6. The third-order valence-electron chi connectivity index (χ3n) is 3.08. The fourth-order valence-corrected chi connectivity index (χ4v) is 1.93. The first-order valence-corrected chi connectivity index (χ1v) is 7.67. The zero-order valence-corrected chi connectivity index (χ0v) is 13.2. The van der Waals surface area contributed by atoms with Gasteiger partial charge in [0.25, 0.3) is 0 Å². The van der Waals surface area contributed by atoms with Crippen LogP contribution in [0.25, 0.3) is 0 Å². The van der Waals surface area contributed by atoms with Gasteiger partial charge in [-0.3, -0.25) is 4.79 Å². The van der Waals surface area contributed by atoms with Gasteiger partial charge in [-0.1, -0.05) is 37.6 Å². The number of carbonyl (C=O) groups excluding carboxylic acids is 1. The Kier molecular flexibility index (Phi) is 8.31. The van der Waals surface area contributed by atoms with E-state index in [9.17, 15) is 4.79 Å². The van der Waals surface area contributed by atoms with E-state index in [-0.39, 0.29) is 5.91 Å². The van der Waals surface area contributed by atoms with E-state index in [1.807, 2.05) is 24.3 Å². The van der Waals surface area contributed by atoms with E-state index < -0.39 is 0 Å². The van der Waals surface area contributed by atoms with Gasteiger partial charge in [0.15, 0.2) is 0 Å². The topological polar surface area (TPSA) is 41.1 Å². The summed E-state index contributed by atoms with van der Waals surface area (Å²) in [5, 5.41) is 6.96. The van der Waals surface area contributed by atoms with Crippen LogP contribution in [0.3, 0.4) is 0 Å². The molecule has 0 heterocycles. The fraction of sp³-hybridized carbons (Fsp3) is 0.562. The van der Waals surface area contributed by atoms with E-state index in [0.717, 1.165) is 31.0 Å². The van der Waals surface area contributed by atoms with Crippen molar-refractivity contribution in [2.45, 2.75) is 33.1 Å². The van der Waals surface area contributed by atoms with Crippen LogP contribution in [0.1, 0.15) is 32.3 Å².